The monoisotopic (exact) mass is 235 g/mol. The summed E-state index contributed by atoms with van der Waals surface area (Å²) in [5.74, 6) is 0.208. The van der Waals surface area contributed by atoms with Crippen LogP contribution in [-0.4, -0.2) is 22.8 Å². The molecule has 0 aliphatic carbocycles. The third-order valence-electron chi connectivity index (χ3n) is 3.52. The van der Waals surface area contributed by atoms with Crippen molar-refractivity contribution in [3.05, 3.63) is 29.8 Å². The van der Waals surface area contributed by atoms with Gasteiger partial charge in [0.25, 0.3) is 0 Å². The maximum atomic E-state index is 10.5. The van der Waals surface area contributed by atoms with Gasteiger partial charge in [-0.05, 0) is 50.4 Å². The molecule has 17 heavy (non-hydrogen) atoms. The molecule has 0 saturated carbocycles. The van der Waals surface area contributed by atoms with Crippen LogP contribution in [0.2, 0.25) is 0 Å². The Morgan fingerprint density at radius 2 is 2.24 bits per heavy atom. The lowest BCUT2D eigenvalue weighted by Crippen LogP contribution is -2.39. The minimum atomic E-state index is -0.881. The Morgan fingerprint density at radius 3 is 2.88 bits per heavy atom. The molecule has 0 aromatic heterocycles. The van der Waals surface area contributed by atoms with E-state index in [-0.39, 0.29) is 5.75 Å². The average molecular weight is 235 g/mol. The Kier molecular flexibility index (Phi) is 3.69. The molecule has 1 aromatic rings. The molecule has 0 amide bonds. The van der Waals surface area contributed by atoms with Gasteiger partial charge in [-0.2, -0.15) is 0 Å². The second kappa shape index (κ2) is 5.07. The van der Waals surface area contributed by atoms with Crippen molar-refractivity contribution in [1.29, 1.82) is 0 Å². The highest BCUT2D eigenvalue weighted by molar-refractivity contribution is 5.31. The van der Waals surface area contributed by atoms with Crippen molar-refractivity contribution in [2.24, 2.45) is 0 Å². The van der Waals surface area contributed by atoms with Gasteiger partial charge in [-0.1, -0.05) is 18.6 Å². The maximum Gasteiger partial charge on any atom is 0.115 e. The second-order valence-corrected chi connectivity index (χ2v) is 5.18. The van der Waals surface area contributed by atoms with Gasteiger partial charge in [0.05, 0.1) is 5.60 Å². The minimum absolute atomic E-state index is 0.208. The topological polar surface area (TPSA) is 52.5 Å². The number of benzene rings is 1. The lowest BCUT2D eigenvalue weighted by atomic mass is 9.86. The molecule has 0 bridgehead atoms. The van der Waals surface area contributed by atoms with Gasteiger partial charge < -0.3 is 15.5 Å². The zero-order chi connectivity index (χ0) is 12.3. The molecule has 1 heterocycles. The van der Waals surface area contributed by atoms with Crippen molar-refractivity contribution in [3.63, 3.8) is 0 Å². The van der Waals surface area contributed by atoms with Gasteiger partial charge in [0.2, 0.25) is 0 Å². The van der Waals surface area contributed by atoms with E-state index < -0.39 is 5.60 Å². The predicted octanol–water partition coefficient (Wildman–Crippen LogP) is 2.13. The highest BCUT2D eigenvalue weighted by Gasteiger charge is 2.28. The van der Waals surface area contributed by atoms with E-state index in [0.717, 1.165) is 18.5 Å². The third kappa shape index (κ3) is 3.20. The first-order valence-corrected chi connectivity index (χ1v) is 6.33. The molecular formula is C14H21NO2. The van der Waals surface area contributed by atoms with Crippen molar-refractivity contribution >= 4 is 0 Å². The number of aliphatic hydroxyl groups is 1. The molecular weight excluding hydrogens is 214 g/mol. The Bertz CT molecular complexity index is 370. The lowest BCUT2D eigenvalue weighted by molar-refractivity contribution is 0.0330. The van der Waals surface area contributed by atoms with E-state index in [1.165, 1.54) is 12.8 Å². The van der Waals surface area contributed by atoms with E-state index in [1.807, 2.05) is 13.0 Å². The fraction of sp³-hybridized carbons (Fsp3) is 0.571. The van der Waals surface area contributed by atoms with E-state index in [1.54, 1.807) is 18.2 Å². The summed E-state index contributed by atoms with van der Waals surface area (Å²) in [4.78, 5) is 0. The van der Waals surface area contributed by atoms with Crippen molar-refractivity contribution in [3.8, 4) is 5.75 Å². The van der Waals surface area contributed by atoms with Crippen LogP contribution in [0.25, 0.3) is 0 Å². The fourth-order valence-electron chi connectivity index (χ4n) is 2.54. The van der Waals surface area contributed by atoms with Crippen LogP contribution in [0.4, 0.5) is 0 Å². The van der Waals surface area contributed by atoms with Crippen molar-refractivity contribution in [2.75, 3.05) is 6.54 Å². The SMILES string of the molecule is CC(O)(CC1CCCCN1)c1cccc(O)c1. The molecule has 0 radical (unpaired) electrons. The number of phenols is 1. The smallest absolute Gasteiger partial charge is 0.115 e. The van der Waals surface area contributed by atoms with E-state index in [9.17, 15) is 10.2 Å². The van der Waals surface area contributed by atoms with Gasteiger partial charge in [-0.3, -0.25) is 0 Å². The highest BCUT2D eigenvalue weighted by Crippen LogP contribution is 2.30. The lowest BCUT2D eigenvalue weighted by Gasteiger charge is -2.32. The Morgan fingerprint density at radius 1 is 1.41 bits per heavy atom. The number of rotatable bonds is 3. The standard InChI is InChI=1S/C14H21NO2/c1-14(17,10-12-6-2-3-8-15-12)11-5-4-7-13(16)9-11/h4-5,7,9,12,15-17H,2-3,6,8,10H2,1H3. The molecule has 1 aliphatic heterocycles. The van der Waals surface area contributed by atoms with Crippen LogP contribution in [0.5, 0.6) is 5.75 Å². The van der Waals surface area contributed by atoms with Crippen molar-refractivity contribution in [1.82, 2.24) is 5.32 Å². The Labute approximate surface area is 102 Å². The van der Waals surface area contributed by atoms with Gasteiger partial charge in [-0.25, -0.2) is 0 Å². The molecule has 3 nitrogen and oxygen atoms in total. The summed E-state index contributed by atoms with van der Waals surface area (Å²) in [6, 6.07) is 7.28. The van der Waals surface area contributed by atoms with Crippen molar-refractivity contribution in [2.45, 2.75) is 44.2 Å². The predicted molar refractivity (Wildman–Crippen MR) is 67.9 cm³/mol. The Hall–Kier alpha value is -1.06. The number of nitrogens with one attached hydrogen (secondary N) is 1. The zero-order valence-electron chi connectivity index (χ0n) is 10.3. The van der Waals surface area contributed by atoms with Gasteiger partial charge in [-0.15, -0.1) is 0 Å². The molecule has 1 fully saturated rings. The van der Waals surface area contributed by atoms with Crippen LogP contribution in [0.1, 0.15) is 38.2 Å². The number of aromatic hydroxyl groups is 1. The molecule has 3 heteroatoms. The number of hydrogen-bond donors (Lipinski definition) is 3. The largest absolute Gasteiger partial charge is 0.508 e. The van der Waals surface area contributed by atoms with E-state index in [0.29, 0.717) is 12.5 Å². The first-order valence-electron chi connectivity index (χ1n) is 6.33. The van der Waals surface area contributed by atoms with Gasteiger partial charge in [0, 0.05) is 6.04 Å². The van der Waals surface area contributed by atoms with E-state index >= 15 is 0 Å². The zero-order valence-corrected chi connectivity index (χ0v) is 10.3. The summed E-state index contributed by atoms with van der Waals surface area (Å²) >= 11 is 0. The second-order valence-electron chi connectivity index (χ2n) is 5.18. The number of hydrogen-bond acceptors (Lipinski definition) is 3. The summed E-state index contributed by atoms with van der Waals surface area (Å²) in [5.41, 5.74) is -0.0989. The molecule has 1 saturated heterocycles. The molecule has 3 N–H and O–H groups in total. The third-order valence-corrected chi connectivity index (χ3v) is 3.52. The fourth-order valence-corrected chi connectivity index (χ4v) is 2.54. The maximum absolute atomic E-state index is 10.5. The van der Waals surface area contributed by atoms with E-state index in [2.05, 4.69) is 5.32 Å². The molecule has 1 aromatic carbocycles. The molecule has 2 atom stereocenters. The Balaban J connectivity index is 2.06. The average Bonchev–Trinajstić information content (AvgIpc) is 2.30. The summed E-state index contributed by atoms with van der Waals surface area (Å²) in [6.45, 7) is 2.86. The van der Waals surface area contributed by atoms with Gasteiger partial charge in [0.15, 0.2) is 0 Å². The normalized spacial score (nSPS) is 24.2. The molecule has 1 aliphatic rings. The number of piperidine rings is 1. The van der Waals surface area contributed by atoms with E-state index in [4.69, 9.17) is 0 Å². The van der Waals surface area contributed by atoms with Crippen LogP contribution in [0.15, 0.2) is 24.3 Å². The summed E-state index contributed by atoms with van der Waals surface area (Å²) < 4.78 is 0. The van der Waals surface area contributed by atoms with Crippen LogP contribution in [0.3, 0.4) is 0 Å². The van der Waals surface area contributed by atoms with Crippen LogP contribution < -0.4 is 5.32 Å². The summed E-state index contributed by atoms with van der Waals surface area (Å²) in [6.07, 6.45) is 4.27. The van der Waals surface area contributed by atoms with Crippen molar-refractivity contribution < 1.29 is 10.2 Å². The molecule has 0 spiro atoms. The molecule has 2 unspecified atom stereocenters. The summed E-state index contributed by atoms with van der Waals surface area (Å²) in [7, 11) is 0. The van der Waals surface area contributed by atoms with Gasteiger partial charge >= 0.3 is 0 Å². The summed E-state index contributed by atoms with van der Waals surface area (Å²) in [5, 5.41) is 23.4. The quantitative estimate of drug-likeness (QED) is 0.752. The van der Waals surface area contributed by atoms with Crippen LogP contribution >= 0.6 is 0 Å². The highest BCUT2D eigenvalue weighted by atomic mass is 16.3. The minimum Gasteiger partial charge on any atom is -0.508 e. The molecule has 94 valence electrons. The molecule has 2 rings (SSSR count). The number of phenolic OH excluding ortho intramolecular Hbond substituents is 1. The van der Waals surface area contributed by atoms with Crippen LogP contribution in [-0.2, 0) is 5.60 Å². The first kappa shape index (κ1) is 12.4. The first-order chi connectivity index (χ1) is 8.08. The van der Waals surface area contributed by atoms with Gasteiger partial charge in [0.1, 0.15) is 5.75 Å². The van der Waals surface area contributed by atoms with Crippen LogP contribution in [0, 0.1) is 0 Å².